The van der Waals surface area contributed by atoms with Gasteiger partial charge in [0.15, 0.2) is 0 Å². The first kappa shape index (κ1) is 22.9. The van der Waals surface area contributed by atoms with Gasteiger partial charge in [-0.15, -0.1) is 0 Å². The van der Waals surface area contributed by atoms with Gasteiger partial charge in [-0.25, -0.2) is 0 Å². The van der Waals surface area contributed by atoms with E-state index in [1.54, 1.807) is 18.3 Å². The molecule has 0 radical (unpaired) electrons. The van der Waals surface area contributed by atoms with Gasteiger partial charge < -0.3 is 0 Å². The van der Waals surface area contributed by atoms with Crippen molar-refractivity contribution in [2.45, 2.75) is 12.5 Å². The zero-order valence-electron chi connectivity index (χ0n) is 18.1. The van der Waals surface area contributed by atoms with Gasteiger partial charge in [-0.3, -0.25) is 10.0 Å². The van der Waals surface area contributed by atoms with Crippen LogP contribution in [-0.2, 0) is 0 Å². The molecule has 4 aromatic rings. The van der Waals surface area contributed by atoms with E-state index in [0.717, 1.165) is 39.1 Å². The standard InChI is InChI=1S/C28H20BrCl2N3/c29-22-12-9-19(10-13-22)28-17-27(33-34(28)25-7-2-1-3-8-25)20-5-4-6-24(15-20)32-18-21-11-14-23(30)16-26(21)31/h1-16,18,28H,17H2. The lowest BCUT2D eigenvalue weighted by molar-refractivity contribution is 0.709. The lowest BCUT2D eigenvalue weighted by Gasteiger charge is -2.24. The second-order valence-electron chi connectivity index (χ2n) is 7.97. The molecule has 6 heteroatoms. The van der Waals surface area contributed by atoms with Crippen LogP contribution in [0.15, 0.2) is 112 Å². The maximum atomic E-state index is 6.29. The van der Waals surface area contributed by atoms with Crippen LogP contribution in [0.1, 0.15) is 29.2 Å². The van der Waals surface area contributed by atoms with Crippen LogP contribution in [0.2, 0.25) is 10.0 Å². The van der Waals surface area contributed by atoms with Crippen LogP contribution in [0, 0.1) is 0 Å². The van der Waals surface area contributed by atoms with E-state index in [-0.39, 0.29) is 6.04 Å². The number of benzene rings is 4. The van der Waals surface area contributed by atoms with E-state index < -0.39 is 0 Å². The number of halogens is 3. The van der Waals surface area contributed by atoms with Crippen molar-refractivity contribution in [3.05, 3.63) is 128 Å². The highest BCUT2D eigenvalue weighted by Crippen LogP contribution is 2.37. The first-order chi connectivity index (χ1) is 16.6. The third-order valence-electron chi connectivity index (χ3n) is 5.68. The van der Waals surface area contributed by atoms with E-state index in [4.69, 9.17) is 28.3 Å². The van der Waals surface area contributed by atoms with Gasteiger partial charge in [0.1, 0.15) is 0 Å². The molecule has 34 heavy (non-hydrogen) atoms. The molecule has 4 aromatic carbocycles. The van der Waals surface area contributed by atoms with Crippen LogP contribution < -0.4 is 5.01 Å². The summed E-state index contributed by atoms with van der Waals surface area (Å²) >= 11 is 15.8. The Morgan fingerprint density at radius 1 is 0.882 bits per heavy atom. The summed E-state index contributed by atoms with van der Waals surface area (Å²) in [6, 6.07) is 32.4. The Kier molecular flexibility index (Phi) is 6.82. The zero-order valence-corrected chi connectivity index (χ0v) is 21.2. The van der Waals surface area contributed by atoms with E-state index >= 15 is 0 Å². The molecular weight excluding hydrogens is 529 g/mol. The maximum absolute atomic E-state index is 6.29. The summed E-state index contributed by atoms with van der Waals surface area (Å²) in [6.07, 6.45) is 2.56. The highest BCUT2D eigenvalue weighted by Gasteiger charge is 2.29. The Balaban J connectivity index is 1.46. The van der Waals surface area contributed by atoms with Crippen molar-refractivity contribution in [1.29, 1.82) is 0 Å². The Bertz CT molecular complexity index is 1370. The van der Waals surface area contributed by atoms with E-state index in [9.17, 15) is 0 Å². The fourth-order valence-electron chi connectivity index (χ4n) is 3.96. The molecule has 5 rings (SSSR count). The first-order valence-electron chi connectivity index (χ1n) is 10.8. The summed E-state index contributed by atoms with van der Waals surface area (Å²) in [4.78, 5) is 4.64. The van der Waals surface area contributed by atoms with Crippen molar-refractivity contribution in [1.82, 2.24) is 0 Å². The fourth-order valence-corrected chi connectivity index (χ4v) is 4.69. The molecule has 0 amide bonds. The van der Waals surface area contributed by atoms with Gasteiger partial charge in [0.25, 0.3) is 0 Å². The highest BCUT2D eigenvalue weighted by molar-refractivity contribution is 9.10. The van der Waals surface area contributed by atoms with Gasteiger partial charge in [-0.1, -0.05) is 87.7 Å². The predicted octanol–water partition coefficient (Wildman–Crippen LogP) is 8.86. The van der Waals surface area contributed by atoms with Crippen molar-refractivity contribution in [2.24, 2.45) is 10.1 Å². The second-order valence-corrected chi connectivity index (χ2v) is 9.73. The van der Waals surface area contributed by atoms with Gasteiger partial charge in [-0.05, 0) is 59.7 Å². The smallest absolute Gasteiger partial charge is 0.0831 e. The minimum absolute atomic E-state index is 0.116. The number of hydrogen-bond acceptors (Lipinski definition) is 3. The molecule has 0 saturated heterocycles. The third kappa shape index (κ3) is 5.10. The van der Waals surface area contributed by atoms with Crippen LogP contribution in [-0.4, -0.2) is 11.9 Å². The third-order valence-corrected chi connectivity index (χ3v) is 6.77. The minimum atomic E-state index is 0.116. The summed E-state index contributed by atoms with van der Waals surface area (Å²) in [6.45, 7) is 0. The molecule has 1 unspecified atom stereocenters. The zero-order chi connectivity index (χ0) is 23.5. The number of rotatable bonds is 5. The quantitative estimate of drug-likeness (QED) is 0.229. The molecule has 1 heterocycles. The van der Waals surface area contributed by atoms with Crippen LogP contribution in [0.5, 0.6) is 0 Å². The van der Waals surface area contributed by atoms with Gasteiger partial charge in [-0.2, -0.15) is 5.10 Å². The first-order valence-corrected chi connectivity index (χ1v) is 12.4. The highest BCUT2D eigenvalue weighted by atomic mass is 79.9. The van der Waals surface area contributed by atoms with E-state index in [1.807, 2.05) is 36.4 Å². The number of aliphatic imine (C=N–C) groups is 1. The van der Waals surface area contributed by atoms with Crippen LogP contribution >= 0.6 is 39.1 Å². The molecule has 1 aliphatic rings. The molecule has 1 aliphatic heterocycles. The van der Waals surface area contributed by atoms with Crippen LogP contribution in [0.25, 0.3) is 0 Å². The normalized spacial score (nSPS) is 15.7. The summed E-state index contributed by atoms with van der Waals surface area (Å²) in [5.74, 6) is 0. The number of hydrazone groups is 1. The average molecular weight is 549 g/mol. The van der Waals surface area contributed by atoms with Crippen LogP contribution in [0.3, 0.4) is 0 Å². The topological polar surface area (TPSA) is 28.0 Å². The number of para-hydroxylation sites is 1. The van der Waals surface area contributed by atoms with E-state index in [1.165, 1.54) is 5.56 Å². The van der Waals surface area contributed by atoms with Crippen molar-refractivity contribution in [3.63, 3.8) is 0 Å². The van der Waals surface area contributed by atoms with E-state index in [2.05, 4.69) is 74.5 Å². The molecule has 0 saturated carbocycles. The van der Waals surface area contributed by atoms with Crippen molar-refractivity contribution in [3.8, 4) is 0 Å². The number of hydrogen-bond donors (Lipinski definition) is 0. The number of anilines is 1. The second kappa shape index (κ2) is 10.1. The number of nitrogens with zero attached hydrogens (tertiary/aromatic N) is 3. The maximum Gasteiger partial charge on any atom is 0.0831 e. The van der Waals surface area contributed by atoms with Crippen molar-refractivity contribution >= 4 is 62.4 Å². The lowest BCUT2D eigenvalue weighted by atomic mass is 9.98. The molecule has 0 bridgehead atoms. The van der Waals surface area contributed by atoms with Gasteiger partial charge in [0.05, 0.1) is 28.2 Å². The largest absolute Gasteiger partial charge is 0.257 e. The molecular formula is C28H20BrCl2N3. The van der Waals surface area contributed by atoms with Crippen molar-refractivity contribution < 1.29 is 0 Å². The monoisotopic (exact) mass is 547 g/mol. The Labute approximate surface area is 217 Å². The predicted molar refractivity (Wildman–Crippen MR) is 147 cm³/mol. The molecule has 0 N–H and O–H groups in total. The lowest BCUT2D eigenvalue weighted by Crippen LogP contribution is -2.18. The van der Waals surface area contributed by atoms with Gasteiger partial charge >= 0.3 is 0 Å². The average Bonchev–Trinajstić information content (AvgIpc) is 3.30. The molecule has 168 valence electrons. The Hall–Kier alpha value is -2.92. The Morgan fingerprint density at radius 3 is 2.44 bits per heavy atom. The van der Waals surface area contributed by atoms with E-state index in [0.29, 0.717) is 10.0 Å². The molecule has 1 atom stereocenters. The summed E-state index contributed by atoms with van der Waals surface area (Å²) in [5.41, 5.74) is 6.02. The fraction of sp³-hybridized carbons (Fsp3) is 0.0714. The van der Waals surface area contributed by atoms with Gasteiger partial charge in [0, 0.05) is 27.7 Å². The summed E-state index contributed by atoms with van der Waals surface area (Å²) in [5, 5.41) is 8.33. The molecule has 0 spiro atoms. The summed E-state index contributed by atoms with van der Waals surface area (Å²) in [7, 11) is 0. The summed E-state index contributed by atoms with van der Waals surface area (Å²) < 4.78 is 1.06. The molecule has 0 aromatic heterocycles. The Morgan fingerprint density at radius 2 is 1.68 bits per heavy atom. The SMILES string of the molecule is Clc1ccc(C=Nc2cccc(C3=NN(c4ccccc4)C(c4ccc(Br)cc4)C3)c2)c(Cl)c1. The molecule has 3 nitrogen and oxygen atoms in total. The van der Waals surface area contributed by atoms with Crippen molar-refractivity contribution in [2.75, 3.05) is 5.01 Å². The minimum Gasteiger partial charge on any atom is -0.257 e. The van der Waals surface area contributed by atoms with Crippen LogP contribution in [0.4, 0.5) is 11.4 Å². The van der Waals surface area contributed by atoms with Gasteiger partial charge in [0.2, 0.25) is 0 Å². The molecule has 0 aliphatic carbocycles. The molecule has 0 fully saturated rings.